The Morgan fingerprint density at radius 3 is 1.49 bits per heavy atom. The van der Waals surface area contributed by atoms with E-state index >= 15 is 0 Å². The van der Waals surface area contributed by atoms with E-state index in [9.17, 15) is 14.7 Å². The Kier molecular flexibility index (Phi) is 27.1. The van der Waals surface area contributed by atoms with E-state index in [0.717, 1.165) is 145 Å². The first-order chi connectivity index (χ1) is 38.7. The van der Waals surface area contributed by atoms with Gasteiger partial charge in [-0.15, -0.1) is 20.4 Å². The molecule has 0 spiro atoms. The molecule has 3 saturated carbocycles. The molecule has 15 nitrogen and oxygen atoms in total. The number of carbonyl (C=O) groups is 2. The van der Waals surface area contributed by atoms with E-state index in [2.05, 4.69) is 62.2 Å². The van der Waals surface area contributed by atoms with Crippen molar-refractivity contribution in [2.75, 3.05) is 6.54 Å². The molecule has 0 aliphatic heterocycles. The maximum Gasteiger partial charge on any atom is 0.407 e. The van der Waals surface area contributed by atoms with E-state index < -0.39 is 23.2 Å². The van der Waals surface area contributed by atoms with Crippen LogP contribution in [0.2, 0.25) is 10.0 Å². The number of carbonyl (C=O) groups excluding carboxylic acids is 2. The van der Waals surface area contributed by atoms with Gasteiger partial charge in [0.15, 0.2) is 22.9 Å². The fourth-order valence-corrected chi connectivity index (χ4v) is 14.4. The number of nitrogens with zero attached hydrogens (tertiary/aromatic N) is 6. The van der Waals surface area contributed by atoms with Gasteiger partial charge in [-0.3, -0.25) is 10.2 Å². The SMILES string of the molecule is CCCCCCCCC(O)(CCCCCCCC)C(C)OC(=O)NC(C)C1(c2nnc3c(Cl)c(C)[nH]n23)CCCCC1.CCCCCCCCCCCCNC(=O)NC1(C2(c3nnc4c(Cl)c(C)[nH]n34)CCCCC2)CCCCC1. The van der Waals surface area contributed by atoms with Gasteiger partial charge in [0.05, 0.1) is 27.8 Å². The van der Waals surface area contributed by atoms with Gasteiger partial charge in [-0.2, -0.15) is 0 Å². The fourth-order valence-electron chi connectivity index (χ4n) is 14.1. The Labute approximate surface area is 491 Å². The summed E-state index contributed by atoms with van der Waals surface area (Å²) in [6.45, 7) is 15.3. The molecular formula is C63H109Cl2N11O4. The predicted octanol–water partition coefficient (Wildman–Crippen LogP) is 17.1. The maximum absolute atomic E-state index is 13.4. The summed E-state index contributed by atoms with van der Waals surface area (Å²) >= 11 is 13.0. The van der Waals surface area contributed by atoms with E-state index in [1.807, 2.05) is 36.7 Å². The second kappa shape index (κ2) is 33.1. The first-order valence-electron chi connectivity index (χ1n) is 32.7. The van der Waals surface area contributed by atoms with E-state index in [1.165, 1.54) is 122 Å². The third-order valence-electron chi connectivity index (χ3n) is 19.2. The topological polar surface area (TPSA) is 192 Å². The number of hydrogen-bond donors (Lipinski definition) is 6. The van der Waals surface area contributed by atoms with Crippen LogP contribution in [0, 0.1) is 13.8 Å². The Morgan fingerprint density at radius 1 is 0.588 bits per heavy atom. The number of aliphatic hydroxyl groups is 1. The van der Waals surface area contributed by atoms with Crippen molar-refractivity contribution in [3.63, 3.8) is 0 Å². The van der Waals surface area contributed by atoms with Crippen LogP contribution < -0.4 is 16.0 Å². The zero-order valence-electron chi connectivity index (χ0n) is 51.1. The van der Waals surface area contributed by atoms with Crippen molar-refractivity contribution < 1.29 is 19.4 Å². The average molecular weight is 1160 g/mol. The lowest BCUT2D eigenvalue weighted by Gasteiger charge is -2.53. The molecule has 3 aliphatic carbocycles. The van der Waals surface area contributed by atoms with E-state index in [4.69, 9.17) is 33.0 Å². The summed E-state index contributed by atoms with van der Waals surface area (Å²) in [5.41, 5.74) is 1.08. The van der Waals surface area contributed by atoms with Crippen LogP contribution in [0.1, 0.15) is 308 Å². The summed E-state index contributed by atoms with van der Waals surface area (Å²) in [4.78, 5) is 26.7. The summed E-state index contributed by atoms with van der Waals surface area (Å²) in [5.74, 6) is 1.75. The molecule has 6 N–H and O–H groups in total. The predicted molar refractivity (Wildman–Crippen MR) is 327 cm³/mol. The molecule has 4 heterocycles. The van der Waals surface area contributed by atoms with Gasteiger partial charge in [0.2, 0.25) is 0 Å². The Balaban J connectivity index is 0.000000259. The number of hydrogen-bond acceptors (Lipinski definition) is 8. The second-order valence-electron chi connectivity index (χ2n) is 25.1. The quantitative estimate of drug-likeness (QED) is 0.0254. The number of urea groups is 1. The molecule has 0 aromatic carbocycles. The van der Waals surface area contributed by atoms with Crippen LogP contribution in [0.3, 0.4) is 0 Å². The summed E-state index contributed by atoms with van der Waals surface area (Å²) in [7, 11) is 0. The summed E-state index contributed by atoms with van der Waals surface area (Å²) in [5, 5.41) is 47.9. The number of aryl methyl sites for hydroxylation is 2. The average Bonchev–Trinajstić information content (AvgIpc) is 4.26. The third-order valence-corrected chi connectivity index (χ3v) is 20.1. The largest absolute Gasteiger partial charge is 0.443 e. The van der Waals surface area contributed by atoms with Crippen LogP contribution >= 0.6 is 23.2 Å². The molecule has 454 valence electrons. The number of H-pyrrole nitrogens is 2. The number of ether oxygens (including phenoxy) is 1. The number of halogens is 2. The van der Waals surface area contributed by atoms with Gasteiger partial charge < -0.3 is 25.8 Å². The molecule has 0 saturated heterocycles. The molecular weight excluding hydrogens is 1050 g/mol. The number of fused-ring (bicyclic) bond motifs is 2. The van der Waals surface area contributed by atoms with Crippen molar-refractivity contribution >= 4 is 46.6 Å². The number of unbranched alkanes of at least 4 members (excludes halogenated alkanes) is 19. The second-order valence-corrected chi connectivity index (χ2v) is 25.8. The van der Waals surface area contributed by atoms with Gasteiger partial charge in [0.1, 0.15) is 21.8 Å². The third kappa shape index (κ3) is 17.1. The molecule has 3 amide bonds. The van der Waals surface area contributed by atoms with E-state index in [-0.39, 0.29) is 23.0 Å². The van der Waals surface area contributed by atoms with Crippen LogP contribution in [0.4, 0.5) is 9.59 Å². The lowest BCUT2D eigenvalue weighted by Crippen LogP contribution is -2.65. The molecule has 80 heavy (non-hydrogen) atoms. The zero-order valence-corrected chi connectivity index (χ0v) is 52.6. The summed E-state index contributed by atoms with van der Waals surface area (Å²) in [6, 6.07) is -0.258. The molecule has 4 aromatic rings. The molecule has 2 unspecified atom stereocenters. The van der Waals surface area contributed by atoms with Crippen molar-refractivity contribution in [3.8, 4) is 0 Å². The van der Waals surface area contributed by atoms with Crippen molar-refractivity contribution in [3.05, 3.63) is 33.1 Å². The first kappa shape index (κ1) is 65.6. The van der Waals surface area contributed by atoms with Crippen molar-refractivity contribution in [1.29, 1.82) is 0 Å². The van der Waals surface area contributed by atoms with Gasteiger partial charge in [-0.05, 0) is 85.5 Å². The monoisotopic (exact) mass is 1150 g/mol. The minimum absolute atomic E-state index is 0.0192. The zero-order chi connectivity index (χ0) is 57.4. The molecule has 0 radical (unpaired) electrons. The molecule has 17 heteroatoms. The number of alkyl carbamates (subject to hydrolysis) is 1. The normalized spacial score (nSPS) is 17.9. The highest BCUT2D eigenvalue weighted by atomic mass is 35.5. The number of rotatable bonds is 33. The molecule has 7 rings (SSSR count). The molecule has 0 bridgehead atoms. The van der Waals surface area contributed by atoms with Gasteiger partial charge in [0.25, 0.3) is 0 Å². The van der Waals surface area contributed by atoms with Crippen LogP contribution in [-0.2, 0) is 15.6 Å². The van der Waals surface area contributed by atoms with Gasteiger partial charge in [-0.25, -0.2) is 18.6 Å². The smallest absolute Gasteiger partial charge is 0.407 e. The van der Waals surface area contributed by atoms with E-state index in [1.54, 1.807) is 0 Å². The fraction of sp³-hybridized carbons (Fsp3) is 0.841. The molecule has 3 fully saturated rings. The van der Waals surface area contributed by atoms with Crippen molar-refractivity contribution in [2.24, 2.45) is 0 Å². The summed E-state index contributed by atoms with van der Waals surface area (Å²) in [6.07, 6.45) is 43.3. The van der Waals surface area contributed by atoms with Crippen LogP contribution in [0.15, 0.2) is 0 Å². The van der Waals surface area contributed by atoms with Crippen molar-refractivity contribution in [2.45, 2.75) is 333 Å². The number of aromatic amines is 2. The molecule has 4 aromatic heterocycles. The minimum Gasteiger partial charge on any atom is -0.443 e. The van der Waals surface area contributed by atoms with Crippen LogP contribution in [0.25, 0.3) is 11.3 Å². The number of aromatic nitrogens is 8. The Bertz CT molecular complexity index is 2390. The van der Waals surface area contributed by atoms with Gasteiger partial charge >= 0.3 is 12.1 Å². The highest BCUT2D eigenvalue weighted by molar-refractivity contribution is 6.34. The Morgan fingerprint density at radius 2 is 1.00 bits per heavy atom. The standard InChI is InChI=1S/C33H58ClN5O3.C30H51ClN6O/c1-6-8-10-12-14-19-23-33(41,24-20-15-13-11-9-7-2)27(5)42-31(40)35-26(4)32(21-17-16-18-22-32)30-37-36-29-28(34)25(3)38-39(29)30;1-3-4-5-6-7-8-9-10-11-18-23-32-28(38)33-30(21-16-13-17-22-30)29(19-14-12-15-20-29)27-35-34-26-25(31)24(2)36-37(26)27/h26-27,38,41H,6-24H2,1-5H3,(H,35,40);36H,3-23H2,1-2H3,(H2,32,33,38). The molecule has 3 aliphatic rings. The van der Waals surface area contributed by atoms with Crippen LogP contribution in [-0.4, -0.2) is 86.7 Å². The lowest BCUT2D eigenvalue weighted by molar-refractivity contribution is -0.0849. The Hall–Kier alpha value is -3.56. The first-order valence-corrected chi connectivity index (χ1v) is 33.4. The molecule has 2 atom stereocenters. The minimum atomic E-state index is -1.02. The number of nitrogens with one attached hydrogen (secondary N) is 5. The maximum atomic E-state index is 13.4. The van der Waals surface area contributed by atoms with Crippen molar-refractivity contribution in [1.82, 2.24) is 55.6 Å². The van der Waals surface area contributed by atoms with Gasteiger partial charge in [-0.1, -0.05) is 237 Å². The highest BCUT2D eigenvalue weighted by Gasteiger charge is 2.56. The van der Waals surface area contributed by atoms with E-state index in [0.29, 0.717) is 34.2 Å². The van der Waals surface area contributed by atoms with Gasteiger partial charge in [0, 0.05) is 12.6 Å². The van der Waals surface area contributed by atoms with Crippen LogP contribution in [0.5, 0.6) is 0 Å². The number of amides is 3. The highest BCUT2D eigenvalue weighted by Crippen LogP contribution is 2.52. The summed E-state index contributed by atoms with van der Waals surface area (Å²) < 4.78 is 9.86. The lowest BCUT2D eigenvalue weighted by atomic mass is 9.56.